The second-order valence-electron chi connectivity index (χ2n) is 7.98. The summed E-state index contributed by atoms with van der Waals surface area (Å²) in [6.07, 6.45) is 2.22. The summed E-state index contributed by atoms with van der Waals surface area (Å²) in [5, 5.41) is 5.64. The monoisotopic (exact) mass is 509 g/mol. The molecule has 0 saturated heterocycles. The van der Waals surface area contributed by atoms with E-state index in [1.165, 1.54) is 6.20 Å². The van der Waals surface area contributed by atoms with Gasteiger partial charge in [0.1, 0.15) is 11.5 Å². The number of aryl methyl sites for hydroxylation is 1. The lowest BCUT2D eigenvalue weighted by Crippen LogP contribution is -2.29. The molecule has 7 heteroatoms. The molecule has 0 aliphatic carbocycles. The van der Waals surface area contributed by atoms with Gasteiger partial charge >= 0.3 is 0 Å². The Balaban J connectivity index is 1.81. The van der Waals surface area contributed by atoms with Crippen molar-refractivity contribution in [2.24, 2.45) is 0 Å². The molecular formula is C26H28BrN3O3. The summed E-state index contributed by atoms with van der Waals surface area (Å²) in [6, 6.07) is 18.5. The number of rotatable bonds is 9. The standard InChI is InChI=1S/C26H28BrN3O3/c1-18-5-7-20(8-6-18)25(31)29-17-22(26(32)28-15-4-16-30(2)3)24-14-13-23(33-24)19-9-11-21(27)12-10-19/h5-14,17H,4,15-16H2,1-3H3,(H,28,32)(H,29,31). The lowest BCUT2D eigenvalue weighted by atomic mass is 10.1. The fraction of sp³-hybridized carbons (Fsp3) is 0.231. The van der Waals surface area contributed by atoms with Gasteiger partial charge < -0.3 is 20.0 Å². The van der Waals surface area contributed by atoms with Gasteiger partial charge in [-0.15, -0.1) is 0 Å². The quantitative estimate of drug-likeness (QED) is 0.319. The molecule has 2 aromatic carbocycles. The number of hydrogen-bond donors (Lipinski definition) is 2. The second kappa shape index (κ2) is 11.6. The van der Waals surface area contributed by atoms with Crippen LogP contribution in [-0.2, 0) is 4.79 Å². The molecule has 3 rings (SSSR count). The molecule has 6 nitrogen and oxygen atoms in total. The summed E-state index contributed by atoms with van der Waals surface area (Å²) in [5.74, 6) is 0.401. The number of amides is 2. The van der Waals surface area contributed by atoms with E-state index in [1.807, 2.05) is 63.5 Å². The van der Waals surface area contributed by atoms with Crippen molar-refractivity contribution in [1.82, 2.24) is 15.5 Å². The van der Waals surface area contributed by atoms with Crippen LogP contribution in [0.2, 0.25) is 0 Å². The van der Waals surface area contributed by atoms with Gasteiger partial charge in [-0.3, -0.25) is 9.59 Å². The molecule has 2 N–H and O–H groups in total. The molecule has 0 saturated carbocycles. The van der Waals surface area contributed by atoms with Crippen LogP contribution in [0.15, 0.2) is 75.8 Å². The normalized spacial score (nSPS) is 11.5. The van der Waals surface area contributed by atoms with E-state index >= 15 is 0 Å². The van der Waals surface area contributed by atoms with Gasteiger partial charge in [0, 0.05) is 28.3 Å². The highest BCUT2D eigenvalue weighted by Crippen LogP contribution is 2.27. The Bertz CT molecular complexity index is 1120. The van der Waals surface area contributed by atoms with E-state index in [1.54, 1.807) is 18.2 Å². The smallest absolute Gasteiger partial charge is 0.256 e. The summed E-state index contributed by atoms with van der Waals surface area (Å²) in [7, 11) is 3.97. The van der Waals surface area contributed by atoms with Gasteiger partial charge in [0.15, 0.2) is 0 Å². The van der Waals surface area contributed by atoms with E-state index in [0.29, 0.717) is 23.6 Å². The summed E-state index contributed by atoms with van der Waals surface area (Å²) in [6.45, 7) is 3.33. The highest BCUT2D eigenvalue weighted by molar-refractivity contribution is 9.10. The zero-order valence-electron chi connectivity index (χ0n) is 19.0. The number of halogens is 1. The maximum absolute atomic E-state index is 13.0. The number of carbonyl (C=O) groups is 2. The van der Waals surface area contributed by atoms with Crippen molar-refractivity contribution in [2.45, 2.75) is 13.3 Å². The minimum atomic E-state index is -0.310. The van der Waals surface area contributed by atoms with E-state index < -0.39 is 0 Å². The Morgan fingerprint density at radius 3 is 2.36 bits per heavy atom. The molecule has 0 atom stereocenters. The number of nitrogens with one attached hydrogen (secondary N) is 2. The maximum Gasteiger partial charge on any atom is 0.256 e. The first-order valence-corrected chi connectivity index (χ1v) is 11.5. The number of furan rings is 1. The number of nitrogens with zero attached hydrogens (tertiary/aromatic N) is 1. The molecular weight excluding hydrogens is 482 g/mol. The van der Waals surface area contributed by atoms with Crippen molar-refractivity contribution in [1.29, 1.82) is 0 Å². The van der Waals surface area contributed by atoms with Crippen LogP contribution in [0.5, 0.6) is 0 Å². The Hall–Kier alpha value is -3.16. The Kier molecular flexibility index (Phi) is 8.63. The largest absolute Gasteiger partial charge is 0.456 e. The van der Waals surface area contributed by atoms with Crippen LogP contribution in [0.25, 0.3) is 16.9 Å². The third kappa shape index (κ3) is 7.17. The highest BCUT2D eigenvalue weighted by atomic mass is 79.9. The van der Waals surface area contributed by atoms with E-state index in [4.69, 9.17) is 4.42 Å². The van der Waals surface area contributed by atoms with Crippen molar-refractivity contribution in [3.05, 3.63) is 88.2 Å². The fourth-order valence-corrected chi connectivity index (χ4v) is 3.38. The molecule has 0 fully saturated rings. The van der Waals surface area contributed by atoms with Crippen LogP contribution >= 0.6 is 15.9 Å². The second-order valence-corrected chi connectivity index (χ2v) is 8.90. The first kappa shape index (κ1) is 24.5. The van der Waals surface area contributed by atoms with Gasteiger partial charge in [-0.25, -0.2) is 0 Å². The third-order valence-electron chi connectivity index (χ3n) is 4.97. The van der Waals surface area contributed by atoms with E-state index in [2.05, 4.69) is 31.5 Å². The molecule has 0 unspecified atom stereocenters. The lowest BCUT2D eigenvalue weighted by Gasteiger charge is -2.11. The molecule has 2 amide bonds. The fourth-order valence-electron chi connectivity index (χ4n) is 3.12. The Morgan fingerprint density at radius 2 is 1.70 bits per heavy atom. The molecule has 3 aromatic rings. The van der Waals surface area contributed by atoms with Gasteiger partial charge in [0.05, 0.1) is 5.57 Å². The number of hydrogen-bond acceptors (Lipinski definition) is 4. The molecule has 172 valence electrons. The minimum Gasteiger partial charge on any atom is -0.456 e. The molecule has 0 bridgehead atoms. The number of benzene rings is 2. The van der Waals surface area contributed by atoms with Crippen molar-refractivity contribution < 1.29 is 14.0 Å². The first-order valence-electron chi connectivity index (χ1n) is 10.7. The third-order valence-corrected chi connectivity index (χ3v) is 5.50. The van der Waals surface area contributed by atoms with Gasteiger partial charge in [-0.05, 0) is 70.4 Å². The number of carbonyl (C=O) groups excluding carboxylic acids is 2. The Morgan fingerprint density at radius 1 is 1.00 bits per heavy atom. The van der Waals surface area contributed by atoms with Crippen LogP contribution in [0.4, 0.5) is 0 Å². The van der Waals surface area contributed by atoms with E-state index in [0.717, 1.165) is 28.6 Å². The lowest BCUT2D eigenvalue weighted by molar-refractivity contribution is -0.115. The van der Waals surface area contributed by atoms with E-state index in [9.17, 15) is 9.59 Å². The van der Waals surface area contributed by atoms with Gasteiger partial charge in [-0.1, -0.05) is 45.8 Å². The summed E-state index contributed by atoms with van der Waals surface area (Å²) in [4.78, 5) is 27.6. The van der Waals surface area contributed by atoms with Gasteiger partial charge in [-0.2, -0.15) is 0 Å². The SMILES string of the molecule is Cc1ccc(C(=O)NC=C(C(=O)NCCCN(C)C)c2ccc(-c3ccc(Br)cc3)o2)cc1. The molecule has 0 radical (unpaired) electrons. The van der Waals surface area contributed by atoms with Crippen LogP contribution in [0.1, 0.15) is 28.1 Å². The molecule has 0 spiro atoms. The molecule has 33 heavy (non-hydrogen) atoms. The summed E-state index contributed by atoms with van der Waals surface area (Å²) in [5.41, 5.74) is 2.72. The minimum absolute atomic E-state index is 0.253. The van der Waals surface area contributed by atoms with Crippen LogP contribution in [0, 0.1) is 6.92 Å². The first-order chi connectivity index (χ1) is 15.8. The summed E-state index contributed by atoms with van der Waals surface area (Å²) >= 11 is 3.43. The van der Waals surface area contributed by atoms with Crippen molar-refractivity contribution in [2.75, 3.05) is 27.2 Å². The maximum atomic E-state index is 13.0. The zero-order valence-corrected chi connectivity index (χ0v) is 20.6. The molecule has 0 aliphatic rings. The van der Waals surface area contributed by atoms with Crippen molar-refractivity contribution in [3.63, 3.8) is 0 Å². The van der Waals surface area contributed by atoms with Crippen LogP contribution in [-0.4, -0.2) is 43.9 Å². The topological polar surface area (TPSA) is 74.6 Å². The summed E-state index contributed by atoms with van der Waals surface area (Å²) < 4.78 is 6.95. The average molecular weight is 510 g/mol. The molecule has 0 aliphatic heterocycles. The highest BCUT2D eigenvalue weighted by Gasteiger charge is 2.17. The van der Waals surface area contributed by atoms with Crippen LogP contribution < -0.4 is 10.6 Å². The molecule has 1 heterocycles. The Labute approximate surface area is 202 Å². The van der Waals surface area contributed by atoms with Crippen molar-refractivity contribution in [3.8, 4) is 11.3 Å². The average Bonchev–Trinajstić information content (AvgIpc) is 3.27. The predicted octanol–water partition coefficient (Wildman–Crippen LogP) is 4.86. The molecule has 1 aromatic heterocycles. The van der Waals surface area contributed by atoms with Gasteiger partial charge in [0.25, 0.3) is 11.8 Å². The van der Waals surface area contributed by atoms with Crippen molar-refractivity contribution >= 4 is 33.3 Å². The zero-order chi connectivity index (χ0) is 23.8. The van der Waals surface area contributed by atoms with Gasteiger partial charge in [0.2, 0.25) is 0 Å². The van der Waals surface area contributed by atoms with Crippen LogP contribution in [0.3, 0.4) is 0 Å². The van der Waals surface area contributed by atoms with E-state index in [-0.39, 0.29) is 17.4 Å². The predicted molar refractivity (Wildman–Crippen MR) is 135 cm³/mol.